The van der Waals surface area contributed by atoms with E-state index in [0.29, 0.717) is 16.5 Å². The molecule has 3 rings (SSSR count). The number of fused-ring (bicyclic) bond motifs is 1. The van der Waals surface area contributed by atoms with Crippen LogP contribution in [0.3, 0.4) is 0 Å². The van der Waals surface area contributed by atoms with Gasteiger partial charge in [0, 0.05) is 0 Å². The van der Waals surface area contributed by atoms with Gasteiger partial charge in [0.2, 0.25) is 10.6 Å². The maximum absolute atomic E-state index is 12.4. The van der Waals surface area contributed by atoms with E-state index in [-0.39, 0.29) is 10.6 Å². The second-order valence-corrected chi connectivity index (χ2v) is 4.29. The van der Waals surface area contributed by atoms with Crippen LogP contribution in [0.2, 0.25) is 5.22 Å². The lowest BCUT2D eigenvalue weighted by Gasteiger charge is -2.04. The number of halogens is 1. The van der Waals surface area contributed by atoms with Crippen LogP contribution >= 0.6 is 11.6 Å². The molecule has 0 radical (unpaired) electrons. The molecule has 0 saturated heterocycles. The summed E-state index contributed by atoms with van der Waals surface area (Å²) < 4.78 is 5.49. The zero-order valence-corrected chi connectivity index (χ0v) is 10.1. The Morgan fingerprint density at radius 3 is 2.33 bits per heavy atom. The Balaban J connectivity index is 2.41. The van der Waals surface area contributed by atoms with Gasteiger partial charge >= 0.3 is 0 Å². The molecule has 0 amide bonds. The highest BCUT2D eigenvalue weighted by molar-refractivity contribution is 6.31. The second kappa shape index (κ2) is 4.31. The molecule has 0 spiro atoms. The maximum atomic E-state index is 12.4. The molecule has 0 aliphatic carbocycles. The first-order chi connectivity index (χ1) is 8.77. The fourth-order valence-corrected chi connectivity index (χ4v) is 2.24. The number of hydrogen-bond acceptors (Lipinski definition) is 2. The molecule has 88 valence electrons. The Labute approximate surface area is 108 Å². The van der Waals surface area contributed by atoms with Crippen molar-refractivity contribution in [1.82, 2.24) is 0 Å². The first kappa shape index (κ1) is 11.1. The highest BCUT2D eigenvalue weighted by atomic mass is 35.5. The van der Waals surface area contributed by atoms with Gasteiger partial charge < -0.3 is 4.42 Å². The molecule has 1 heterocycles. The van der Waals surface area contributed by atoms with E-state index in [9.17, 15) is 4.79 Å². The number of benzene rings is 2. The largest absolute Gasteiger partial charge is 0.444 e. The van der Waals surface area contributed by atoms with Crippen molar-refractivity contribution in [3.63, 3.8) is 0 Å². The first-order valence-corrected chi connectivity index (χ1v) is 5.92. The third-order valence-electron chi connectivity index (χ3n) is 2.82. The Kier molecular flexibility index (Phi) is 2.65. The van der Waals surface area contributed by atoms with Crippen LogP contribution in [0.1, 0.15) is 0 Å². The number of rotatable bonds is 1. The van der Waals surface area contributed by atoms with Crippen LogP contribution in [0.15, 0.2) is 63.8 Å². The lowest BCUT2D eigenvalue weighted by Crippen LogP contribution is -2.05. The smallest absolute Gasteiger partial charge is 0.205 e. The molecule has 0 fully saturated rings. The van der Waals surface area contributed by atoms with Crippen LogP contribution in [0.5, 0.6) is 0 Å². The average Bonchev–Trinajstić information content (AvgIpc) is 2.40. The van der Waals surface area contributed by atoms with Crippen molar-refractivity contribution in [3.05, 3.63) is 70.0 Å². The minimum Gasteiger partial charge on any atom is -0.444 e. The summed E-state index contributed by atoms with van der Waals surface area (Å²) in [6.45, 7) is 0. The standard InChI is InChI=1S/C15H9ClO2/c16-15-13(10-6-2-1-3-7-10)14(17)11-8-4-5-9-12(11)18-15/h1-9H. The molecule has 18 heavy (non-hydrogen) atoms. The zero-order chi connectivity index (χ0) is 12.5. The fraction of sp³-hybridized carbons (Fsp3) is 0. The van der Waals surface area contributed by atoms with Crippen molar-refractivity contribution >= 4 is 22.6 Å². The maximum Gasteiger partial charge on any atom is 0.205 e. The third kappa shape index (κ3) is 1.71. The normalized spacial score (nSPS) is 10.7. The minimum absolute atomic E-state index is 0.104. The van der Waals surface area contributed by atoms with Gasteiger partial charge in [-0.05, 0) is 29.3 Å². The molecule has 3 aromatic rings. The third-order valence-corrected chi connectivity index (χ3v) is 3.08. The molecular formula is C15H9ClO2. The van der Waals surface area contributed by atoms with E-state index in [2.05, 4.69) is 0 Å². The van der Waals surface area contributed by atoms with Crippen molar-refractivity contribution in [2.45, 2.75) is 0 Å². The summed E-state index contributed by atoms with van der Waals surface area (Å²) in [7, 11) is 0. The topological polar surface area (TPSA) is 30.2 Å². The molecule has 0 atom stereocenters. The molecule has 2 aromatic carbocycles. The zero-order valence-electron chi connectivity index (χ0n) is 9.39. The highest BCUT2D eigenvalue weighted by Crippen LogP contribution is 2.27. The van der Waals surface area contributed by atoms with Crippen LogP contribution in [0.25, 0.3) is 22.1 Å². The van der Waals surface area contributed by atoms with E-state index in [1.165, 1.54) is 0 Å². The number of para-hydroxylation sites is 1. The number of hydrogen-bond donors (Lipinski definition) is 0. The van der Waals surface area contributed by atoms with Gasteiger partial charge in [0.1, 0.15) is 5.58 Å². The van der Waals surface area contributed by atoms with Crippen LogP contribution in [0.4, 0.5) is 0 Å². The van der Waals surface area contributed by atoms with Crippen molar-refractivity contribution < 1.29 is 4.42 Å². The van der Waals surface area contributed by atoms with Crippen LogP contribution < -0.4 is 5.43 Å². The van der Waals surface area contributed by atoms with Crippen LogP contribution in [-0.2, 0) is 0 Å². The SMILES string of the molecule is O=c1c(-c2ccccc2)c(Cl)oc2ccccc12. The molecule has 0 unspecified atom stereocenters. The van der Waals surface area contributed by atoms with Crippen LogP contribution in [-0.4, -0.2) is 0 Å². The fourth-order valence-electron chi connectivity index (χ4n) is 1.96. The molecular weight excluding hydrogens is 248 g/mol. The van der Waals surface area contributed by atoms with Gasteiger partial charge in [-0.3, -0.25) is 4.79 Å². The Morgan fingerprint density at radius 1 is 0.889 bits per heavy atom. The van der Waals surface area contributed by atoms with E-state index in [0.717, 1.165) is 5.56 Å². The van der Waals surface area contributed by atoms with Gasteiger partial charge in [-0.15, -0.1) is 0 Å². The second-order valence-electron chi connectivity index (χ2n) is 3.94. The van der Waals surface area contributed by atoms with Gasteiger partial charge in [0.25, 0.3) is 0 Å². The van der Waals surface area contributed by atoms with Crippen molar-refractivity contribution in [3.8, 4) is 11.1 Å². The van der Waals surface area contributed by atoms with Crippen LogP contribution in [0, 0.1) is 0 Å². The molecule has 0 N–H and O–H groups in total. The Morgan fingerprint density at radius 2 is 1.56 bits per heavy atom. The minimum atomic E-state index is -0.104. The van der Waals surface area contributed by atoms with Crippen molar-refractivity contribution in [1.29, 1.82) is 0 Å². The summed E-state index contributed by atoms with van der Waals surface area (Å²) in [6.07, 6.45) is 0. The summed E-state index contributed by atoms with van der Waals surface area (Å²) in [4.78, 5) is 12.4. The average molecular weight is 257 g/mol. The quantitative estimate of drug-likeness (QED) is 0.656. The van der Waals surface area contributed by atoms with Gasteiger partial charge in [-0.2, -0.15) is 0 Å². The summed E-state index contributed by atoms with van der Waals surface area (Å²) in [5, 5.41) is 0.672. The Hall–Kier alpha value is -2.06. The van der Waals surface area contributed by atoms with Gasteiger partial charge in [-0.25, -0.2) is 0 Å². The monoisotopic (exact) mass is 256 g/mol. The predicted octanol–water partition coefficient (Wildman–Crippen LogP) is 4.11. The summed E-state index contributed by atoms with van der Waals surface area (Å²) >= 11 is 6.08. The summed E-state index contributed by atoms with van der Waals surface area (Å²) in [5.41, 5.74) is 1.58. The molecule has 0 aliphatic rings. The molecule has 0 saturated carbocycles. The summed E-state index contributed by atoms with van der Waals surface area (Å²) in [5.74, 6) is 0. The molecule has 1 aromatic heterocycles. The lowest BCUT2D eigenvalue weighted by atomic mass is 10.1. The first-order valence-electron chi connectivity index (χ1n) is 5.54. The van der Waals surface area contributed by atoms with E-state index in [4.69, 9.17) is 16.0 Å². The van der Waals surface area contributed by atoms with Crippen molar-refractivity contribution in [2.24, 2.45) is 0 Å². The van der Waals surface area contributed by atoms with Gasteiger partial charge in [0.15, 0.2) is 0 Å². The molecule has 3 heteroatoms. The molecule has 2 nitrogen and oxygen atoms in total. The van der Waals surface area contributed by atoms with E-state index in [1.54, 1.807) is 12.1 Å². The molecule has 0 bridgehead atoms. The van der Waals surface area contributed by atoms with Gasteiger partial charge in [-0.1, -0.05) is 42.5 Å². The Bertz CT molecular complexity index is 760. The van der Waals surface area contributed by atoms with E-state index >= 15 is 0 Å². The lowest BCUT2D eigenvalue weighted by molar-refractivity contribution is 0.607. The highest BCUT2D eigenvalue weighted by Gasteiger charge is 2.13. The van der Waals surface area contributed by atoms with E-state index in [1.807, 2.05) is 42.5 Å². The van der Waals surface area contributed by atoms with Gasteiger partial charge in [0.05, 0.1) is 10.9 Å². The molecule has 0 aliphatic heterocycles. The van der Waals surface area contributed by atoms with Crippen molar-refractivity contribution in [2.75, 3.05) is 0 Å². The predicted molar refractivity (Wildman–Crippen MR) is 72.9 cm³/mol. The summed E-state index contributed by atoms with van der Waals surface area (Å²) in [6, 6.07) is 16.4. The van der Waals surface area contributed by atoms with E-state index < -0.39 is 0 Å².